The molecule has 1 fully saturated rings. The molecule has 2 aliphatic rings. The summed E-state index contributed by atoms with van der Waals surface area (Å²) in [7, 11) is 0. The zero-order chi connectivity index (χ0) is 18.8. The molecule has 0 unspecified atom stereocenters. The van der Waals surface area contributed by atoms with Crippen molar-refractivity contribution >= 4 is 5.91 Å². The largest absolute Gasteiger partial charge is 0.337 e. The van der Waals surface area contributed by atoms with Crippen LogP contribution in [0, 0.1) is 12.8 Å². The molecule has 1 N–H and O–H groups in total. The number of benzene rings is 1. The van der Waals surface area contributed by atoms with E-state index in [0.29, 0.717) is 11.6 Å². The van der Waals surface area contributed by atoms with E-state index in [0.717, 1.165) is 64.0 Å². The van der Waals surface area contributed by atoms with Gasteiger partial charge in [0.1, 0.15) is 0 Å². The summed E-state index contributed by atoms with van der Waals surface area (Å²) in [4.78, 5) is 15.2. The molecule has 5 heteroatoms. The fourth-order valence-electron chi connectivity index (χ4n) is 4.35. The van der Waals surface area contributed by atoms with Crippen molar-refractivity contribution in [2.75, 3.05) is 26.2 Å². The van der Waals surface area contributed by atoms with Gasteiger partial charge in [0.05, 0.1) is 5.69 Å². The summed E-state index contributed by atoms with van der Waals surface area (Å²) in [5.41, 5.74) is 5.38. The van der Waals surface area contributed by atoms with Crippen molar-refractivity contribution in [2.45, 2.75) is 46.0 Å². The van der Waals surface area contributed by atoms with Crippen LogP contribution in [-0.2, 0) is 12.8 Å². The maximum absolute atomic E-state index is 13.2. The van der Waals surface area contributed by atoms with Crippen LogP contribution < -0.4 is 5.32 Å². The quantitative estimate of drug-likeness (QED) is 0.884. The molecule has 1 saturated heterocycles. The van der Waals surface area contributed by atoms with E-state index < -0.39 is 0 Å². The summed E-state index contributed by atoms with van der Waals surface area (Å²) >= 11 is 0. The number of aromatic nitrogens is 2. The number of amides is 1. The first-order valence-electron chi connectivity index (χ1n) is 10.3. The molecule has 2 aromatic rings. The van der Waals surface area contributed by atoms with E-state index >= 15 is 0 Å². The zero-order valence-electron chi connectivity index (χ0n) is 16.5. The van der Waals surface area contributed by atoms with Crippen LogP contribution in [0.1, 0.15) is 53.5 Å². The number of piperidine rings is 1. The normalized spacial score (nSPS) is 17.3. The Morgan fingerprint density at radius 1 is 1.19 bits per heavy atom. The minimum atomic E-state index is 0.126. The smallest absolute Gasteiger partial charge is 0.274 e. The molecule has 1 aromatic heterocycles. The van der Waals surface area contributed by atoms with E-state index in [1.54, 1.807) is 0 Å². The average molecular weight is 367 g/mol. The van der Waals surface area contributed by atoms with Crippen molar-refractivity contribution < 1.29 is 4.79 Å². The summed E-state index contributed by atoms with van der Waals surface area (Å²) in [6.07, 6.45) is 5.26. The molecular formula is C22H30N4O. The number of likely N-dealkylation sites (tertiary alicyclic amines) is 1. The predicted molar refractivity (Wildman–Crippen MR) is 107 cm³/mol. The third-order valence-corrected chi connectivity index (χ3v) is 6.00. The number of hydrogen-bond acceptors (Lipinski definition) is 3. The second-order valence-electron chi connectivity index (χ2n) is 7.92. The van der Waals surface area contributed by atoms with Gasteiger partial charge in [-0.15, -0.1) is 0 Å². The van der Waals surface area contributed by atoms with Gasteiger partial charge in [-0.3, -0.25) is 4.79 Å². The molecule has 4 rings (SSSR count). The molecule has 2 heterocycles. The van der Waals surface area contributed by atoms with Gasteiger partial charge in [-0.25, -0.2) is 4.68 Å². The summed E-state index contributed by atoms with van der Waals surface area (Å²) in [6, 6.07) is 8.41. The molecular weight excluding hydrogens is 336 g/mol. The first kappa shape index (κ1) is 18.2. The van der Waals surface area contributed by atoms with Crippen molar-refractivity contribution in [1.82, 2.24) is 20.0 Å². The molecule has 1 aliphatic heterocycles. The minimum Gasteiger partial charge on any atom is -0.337 e. The number of nitrogens with one attached hydrogen (secondary N) is 1. The lowest BCUT2D eigenvalue weighted by molar-refractivity contribution is 0.0683. The Labute approximate surface area is 161 Å². The highest BCUT2D eigenvalue weighted by atomic mass is 16.2. The Bertz CT molecular complexity index is 800. The molecule has 0 spiro atoms. The third-order valence-electron chi connectivity index (χ3n) is 6.00. The molecule has 0 saturated carbocycles. The maximum Gasteiger partial charge on any atom is 0.274 e. The number of hydrogen-bond donors (Lipinski definition) is 1. The number of carbonyl (C=O) groups is 1. The van der Waals surface area contributed by atoms with Crippen molar-refractivity contribution in [3.05, 3.63) is 46.8 Å². The summed E-state index contributed by atoms with van der Waals surface area (Å²) < 4.78 is 2.01. The van der Waals surface area contributed by atoms with Gasteiger partial charge in [0, 0.05) is 24.3 Å². The molecule has 1 aromatic carbocycles. The van der Waals surface area contributed by atoms with Crippen molar-refractivity contribution in [2.24, 2.45) is 5.92 Å². The van der Waals surface area contributed by atoms with Gasteiger partial charge in [-0.2, -0.15) is 5.10 Å². The molecule has 0 bridgehead atoms. The maximum atomic E-state index is 13.2. The Kier molecular flexibility index (Phi) is 5.30. The lowest BCUT2D eigenvalue weighted by Crippen LogP contribution is -2.41. The molecule has 5 nitrogen and oxygen atoms in total. The average Bonchev–Trinajstić information content (AvgIpc) is 3.30. The first-order valence-corrected chi connectivity index (χ1v) is 10.3. The van der Waals surface area contributed by atoms with Crippen LogP contribution >= 0.6 is 0 Å². The standard InChI is InChI=1S/C22H30N4O/c1-3-23-15-17-11-13-25(14-12-17)22(27)21-19-5-4-6-20(19)26(24-21)18-9-7-16(2)8-10-18/h7-10,17,23H,3-6,11-15H2,1-2H3. The van der Waals surface area contributed by atoms with Crippen LogP contribution in [0.5, 0.6) is 0 Å². The van der Waals surface area contributed by atoms with Crippen molar-refractivity contribution in [3.8, 4) is 5.69 Å². The Morgan fingerprint density at radius 2 is 1.93 bits per heavy atom. The highest BCUT2D eigenvalue weighted by Crippen LogP contribution is 2.29. The number of rotatable bonds is 5. The van der Waals surface area contributed by atoms with E-state index in [1.165, 1.54) is 16.8 Å². The molecule has 27 heavy (non-hydrogen) atoms. The van der Waals surface area contributed by atoms with Crippen molar-refractivity contribution in [1.29, 1.82) is 0 Å². The predicted octanol–water partition coefficient (Wildman–Crippen LogP) is 3.13. The summed E-state index contributed by atoms with van der Waals surface area (Å²) in [5, 5.41) is 8.22. The topological polar surface area (TPSA) is 50.2 Å². The first-order chi connectivity index (χ1) is 13.2. The summed E-state index contributed by atoms with van der Waals surface area (Å²) in [5.74, 6) is 0.811. The van der Waals surface area contributed by atoms with Gasteiger partial charge in [0.2, 0.25) is 0 Å². The molecule has 0 radical (unpaired) electrons. The second kappa shape index (κ2) is 7.85. The van der Waals surface area contributed by atoms with E-state index in [9.17, 15) is 4.79 Å². The molecule has 1 amide bonds. The van der Waals surface area contributed by atoms with Crippen LogP contribution in [0.15, 0.2) is 24.3 Å². The second-order valence-corrected chi connectivity index (χ2v) is 7.92. The van der Waals surface area contributed by atoms with Crippen LogP contribution in [0.25, 0.3) is 5.69 Å². The Balaban J connectivity index is 1.53. The van der Waals surface area contributed by atoms with E-state index in [4.69, 9.17) is 5.10 Å². The van der Waals surface area contributed by atoms with Gasteiger partial charge in [0.25, 0.3) is 5.91 Å². The monoisotopic (exact) mass is 366 g/mol. The lowest BCUT2D eigenvalue weighted by atomic mass is 9.96. The van der Waals surface area contributed by atoms with Crippen LogP contribution in [0.4, 0.5) is 0 Å². The number of aryl methyl sites for hydroxylation is 1. The molecule has 0 atom stereocenters. The van der Waals surface area contributed by atoms with Crippen LogP contribution in [-0.4, -0.2) is 46.8 Å². The van der Waals surface area contributed by atoms with Gasteiger partial charge in [0.15, 0.2) is 5.69 Å². The number of nitrogens with zero attached hydrogens (tertiary/aromatic N) is 3. The third kappa shape index (κ3) is 3.65. The van der Waals surface area contributed by atoms with Crippen LogP contribution in [0.3, 0.4) is 0 Å². The Hall–Kier alpha value is -2.14. The van der Waals surface area contributed by atoms with Gasteiger partial charge in [-0.1, -0.05) is 24.6 Å². The Morgan fingerprint density at radius 3 is 2.63 bits per heavy atom. The lowest BCUT2D eigenvalue weighted by Gasteiger charge is -2.31. The van der Waals surface area contributed by atoms with Gasteiger partial charge < -0.3 is 10.2 Å². The fraction of sp³-hybridized carbons (Fsp3) is 0.545. The van der Waals surface area contributed by atoms with Gasteiger partial charge >= 0.3 is 0 Å². The van der Waals surface area contributed by atoms with Gasteiger partial charge in [-0.05, 0) is 70.2 Å². The minimum absolute atomic E-state index is 0.126. The fourth-order valence-corrected chi connectivity index (χ4v) is 4.35. The van der Waals surface area contributed by atoms with Crippen LogP contribution in [0.2, 0.25) is 0 Å². The van der Waals surface area contributed by atoms with E-state index in [1.807, 2.05) is 9.58 Å². The summed E-state index contributed by atoms with van der Waals surface area (Å²) in [6.45, 7) is 8.01. The zero-order valence-corrected chi connectivity index (χ0v) is 16.5. The van der Waals surface area contributed by atoms with Crippen molar-refractivity contribution in [3.63, 3.8) is 0 Å². The highest BCUT2D eigenvalue weighted by molar-refractivity contribution is 5.94. The molecule has 144 valence electrons. The van der Waals surface area contributed by atoms with E-state index in [2.05, 4.69) is 43.4 Å². The number of fused-ring (bicyclic) bond motifs is 1. The highest BCUT2D eigenvalue weighted by Gasteiger charge is 2.31. The SMILES string of the molecule is CCNCC1CCN(C(=O)c2nn(-c3ccc(C)cc3)c3c2CCC3)CC1. The number of carbonyl (C=O) groups excluding carboxylic acids is 1. The van der Waals surface area contributed by atoms with E-state index in [-0.39, 0.29) is 5.91 Å². The molecule has 1 aliphatic carbocycles.